The van der Waals surface area contributed by atoms with Crippen molar-refractivity contribution in [2.75, 3.05) is 27.4 Å². The Bertz CT molecular complexity index is 350. The van der Waals surface area contributed by atoms with E-state index in [1.807, 2.05) is 32.0 Å². The molecule has 136 valence electrons. The van der Waals surface area contributed by atoms with E-state index in [1.165, 1.54) is 6.42 Å². The van der Waals surface area contributed by atoms with Crippen molar-refractivity contribution >= 4 is 5.91 Å². The molecule has 0 fully saturated rings. The van der Waals surface area contributed by atoms with E-state index in [0.717, 1.165) is 25.0 Å². The second kappa shape index (κ2) is 22.9. The first-order valence-electron chi connectivity index (χ1n) is 8.37. The van der Waals surface area contributed by atoms with Crippen LogP contribution in [0, 0.1) is 6.92 Å². The average molecular weight is 328 g/mol. The molecule has 0 aliphatic heterocycles. The fourth-order valence-corrected chi connectivity index (χ4v) is 1.13. The third-order valence-electron chi connectivity index (χ3n) is 2.14. The molecule has 0 atom stereocenters. The minimum Gasteiger partial charge on any atom is -0.396 e. The van der Waals surface area contributed by atoms with Gasteiger partial charge in [-0.15, -0.1) is 0 Å². The summed E-state index contributed by atoms with van der Waals surface area (Å²) in [4.78, 5) is 11.1. The predicted molar refractivity (Wildman–Crippen MR) is 100 cm³/mol. The number of rotatable bonds is 4. The van der Waals surface area contributed by atoms with Gasteiger partial charge >= 0.3 is 0 Å². The predicted octanol–water partition coefficient (Wildman–Crippen LogP) is 4.20. The van der Waals surface area contributed by atoms with E-state index in [1.54, 1.807) is 20.2 Å². The van der Waals surface area contributed by atoms with Gasteiger partial charge in [-0.3, -0.25) is 4.79 Å². The minimum absolute atomic E-state index is 0.0336. The lowest BCUT2D eigenvalue weighted by Crippen LogP contribution is -2.17. The number of aliphatic hydroxyl groups is 1. The molecule has 2 N–H and O–H groups in total. The van der Waals surface area contributed by atoms with Gasteiger partial charge in [0.1, 0.15) is 0 Å². The van der Waals surface area contributed by atoms with Crippen molar-refractivity contribution in [1.29, 1.82) is 0 Å². The van der Waals surface area contributed by atoms with Gasteiger partial charge < -0.3 is 15.2 Å². The van der Waals surface area contributed by atoms with E-state index in [9.17, 15) is 4.79 Å². The summed E-state index contributed by atoms with van der Waals surface area (Å²) in [6.07, 6.45) is 3.25. The van der Waals surface area contributed by atoms with E-state index in [0.29, 0.717) is 12.2 Å². The van der Waals surface area contributed by atoms with Crippen LogP contribution in [0.1, 0.15) is 62.9 Å². The number of carbonyl (C=O) groups is 1. The number of amides is 1. The van der Waals surface area contributed by atoms with E-state index < -0.39 is 0 Å². The molecule has 0 unspecified atom stereocenters. The Labute approximate surface area is 143 Å². The Balaban J connectivity index is -0.000000279. The zero-order chi connectivity index (χ0) is 18.5. The van der Waals surface area contributed by atoms with Gasteiger partial charge in [-0.05, 0) is 31.9 Å². The maximum atomic E-state index is 11.1. The molecule has 0 saturated heterocycles. The Morgan fingerprint density at radius 1 is 1.17 bits per heavy atom. The zero-order valence-corrected chi connectivity index (χ0v) is 16.1. The summed E-state index contributed by atoms with van der Waals surface area (Å²) in [6.45, 7) is 11.4. The number of ether oxygens (including phenoxy) is 1. The number of hydrogen-bond donors (Lipinski definition) is 2. The third-order valence-corrected chi connectivity index (χ3v) is 2.14. The van der Waals surface area contributed by atoms with Crippen LogP contribution in [0.5, 0.6) is 0 Å². The molecular formula is C19H37NO3. The normalized spacial score (nSPS) is 8.35. The summed E-state index contributed by atoms with van der Waals surface area (Å²) in [5, 5.41) is 10.4. The number of aliphatic hydroxyl groups excluding tert-OH is 1. The summed E-state index contributed by atoms with van der Waals surface area (Å²) in [5.41, 5.74) is 1.82. The molecule has 0 aliphatic rings. The van der Waals surface area contributed by atoms with Crippen molar-refractivity contribution in [3.8, 4) is 0 Å². The summed E-state index contributed by atoms with van der Waals surface area (Å²) in [5.74, 6) is -0.0336. The van der Waals surface area contributed by atoms with Gasteiger partial charge in [0.25, 0.3) is 5.91 Å². The fourth-order valence-electron chi connectivity index (χ4n) is 1.13. The molecule has 0 heterocycles. The molecule has 0 radical (unpaired) electrons. The Morgan fingerprint density at radius 2 is 1.70 bits per heavy atom. The quantitative estimate of drug-likeness (QED) is 0.871. The molecule has 23 heavy (non-hydrogen) atoms. The van der Waals surface area contributed by atoms with Crippen molar-refractivity contribution in [2.24, 2.45) is 0 Å². The third kappa shape index (κ3) is 23.0. The lowest BCUT2D eigenvalue weighted by Gasteiger charge is -1.99. The molecule has 0 spiro atoms. The first-order chi connectivity index (χ1) is 11.0. The monoisotopic (exact) mass is 327 g/mol. The van der Waals surface area contributed by atoms with Gasteiger partial charge in [-0.1, -0.05) is 51.8 Å². The van der Waals surface area contributed by atoms with Gasteiger partial charge in [0.15, 0.2) is 0 Å². The maximum Gasteiger partial charge on any atom is 0.251 e. The molecule has 0 aromatic heterocycles. The highest BCUT2D eigenvalue weighted by atomic mass is 16.5. The minimum atomic E-state index is -0.0336. The molecule has 1 rings (SSSR count). The zero-order valence-electron chi connectivity index (χ0n) is 16.1. The van der Waals surface area contributed by atoms with Crippen LogP contribution >= 0.6 is 0 Å². The second-order valence-corrected chi connectivity index (χ2v) is 4.87. The summed E-state index contributed by atoms with van der Waals surface area (Å²) < 4.78 is 4.69. The highest BCUT2D eigenvalue weighted by molar-refractivity contribution is 5.94. The van der Waals surface area contributed by atoms with Gasteiger partial charge in [0, 0.05) is 32.9 Å². The molecule has 4 heteroatoms. The molecule has 0 bridgehead atoms. The first-order valence-corrected chi connectivity index (χ1v) is 8.37. The van der Waals surface area contributed by atoms with Crippen molar-refractivity contribution in [1.82, 2.24) is 5.32 Å². The first kappa shape index (κ1) is 26.5. The van der Waals surface area contributed by atoms with Crippen molar-refractivity contribution in [3.05, 3.63) is 35.4 Å². The van der Waals surface area contributed by atoms with Crippen LogP contribution in [0.2, 0.25) is 0 Å². The van der Waals surface area contributed by atoms with Crippen LogP contribution < -0.4 is 5.32 Å². The standard InChI is InChI=1S/C9H11NO.C4H10O.C3H8O.C3H8/c1-7-4-3-5-8(6-7)9(11)10-2;1-3-4-5-2;1-2-3-4;1-3-2/h3-6H,1-2H3,(H,10,11);3-4H2,1-2H3;4H,2-3H2,1H3;3H2,1-2H3. The van der Waals surface area contributed by atoms with Crippen LogP contribution in [0.15, 0.2) is 24.3 Å². The molecule has 1 aromatic rings. The average Bonchev–Trinajstić information content (AvgIpc) is 2.56. The van der Waals surface area contributed by atoms with Crippen LogP contribution in [0.3, 0.4) is 0 Å². The van der Waals surface area contributed by atoms with Gasteiger partial charge in [-0.25, -0.2) is 0 Å². The van der Waals surface area contributed by atoms with Crippen molar-refractivity contribution in [2.45, 2.75) is 53.9 Å². The van der Waals surface area contributed by atoms with Crippen LogP contribution in [0.25, 0.3) is 0 Å². The Kier molecular flexibility index (Phi) is 26.4. The number of carbonyl (C=O) groups excluding carboxylic acids is 1. The lowest BCUT2D eigenvalue weighted by atomic mass is 10.1. The van der Waals surface area contributed by atoms with Crippen LogP contribution in [0.4, 0.5) is 0 Å². The number of methoxy groups -OCH3 is 1. The second-order valence-electron chi connectivity index (χ2n) is 4.87. The highest BCUT2D eigenvalue weighted by Crippen LogP contribution is 2.02. The maximum absolute atomic E-state index is 11.1. The molecule has 4 nitrogen and oxygen atoms in total. The molecule has 1 amide bonds. The number of nitrogens with one attached hydrogen (secondary N) is 1. The fraction of sp³-hybridized carbons (Fsp3) is 0.632. The van der Waals surface area contributed by atoms with Crippen LogP contribution in [-0.2, 0) is 4.74 Å². The SMILES string of the molecule is CCC.CCCO.CCCOC.CNC(=O)c1cccc(C)c1. The lowest BCUT2D eigenvalue weighted by molar-refractivity contribution is 0.0963. The Hall–Kier alpha value is -1.39. The number of aryl methyl sites for hydroxylation is 1. The largest absolute Gasteiger partial charge is 0.396 e. The van der Waals surface area contributed by atoms with E-state index in [2.05, 4.69) is 26.1 Å². The molecule has 0 aliphatic carbocycles. The summed E-state index contributed by atoms with van der Waals surface area (Å²) in [7, 11) is 3.34. The summed E-state index contributed by atoms with van der Waals surface area (Å²) in [6, 6.07) is 7.50. The van der Waals surface area contributed by atoms with E-state index in [-0.39, 0.29) is 5.91 Å². The number of benzene rings is 1. The molecule has 0 saturated carbocycles. The number of hydrogen-bond acceptors (Lipinski definition) is 3. The van der Waals surface area contributed by atoms with Crippen LogP contribution in [-0.4, -0.2) is 38.4 Å². The van der Waals surface area contributed by atoms with Gasteiger partial charge in [0.05, 0.1) is 0 Å². The smallest absolute Gasteiger partial charge is 0.251 e. The Morgan fingerprint density at radius 3 is 1.96 bits per heavy atom. The van der Waals surface area contributed by atoms with Crippen molar-refractivity contribution < 1.29 is 14.6 Å². The molecule has 1 aromatic carbocycles. The van der Waals surface area contributed by atoms with Gasteiger partial charge in [0.2, 0.25) is 0 Å². The topological polar surface area (TPSA) is 58.6 Å². The van der Waals surface area contributed by atoms with Crippen molar-refractivity contribution in [3.63, 3.8) is 0 Å². The van der Waals surface area contributed by atoms with E-state index in [4.69, 9.17) is 9.84 Å². The van der Waals surface area contributed by atoms with Gasteiger partial charge in [-0.2, -0.15) is 0 Å². The summed E-state index contributed by atoms with van der Waals surface area (Å²) >= 11 is 0. The molecular weight excluding hydrogens is 290 g/mol. The van der Waals surface area contributed by atoms with E-state index >= 15 is 0 Å². The highest BCUT2D eigenvalue weighted by Gasteiger charge is 2.00.